The number of phenolic OH excluding ortho intramolecular Hbond substituents is 1. The Morgan fingerprint density at radius 1 is 1.21 bits per heavy atom. The molecule has 2 aromatic rings. The van der Waals surface area contributed by atoms with Crippen molar-refractivity contribution in [2.45, 2.75) is 25.0 Å². The highest BCUT2D eigenvalue weighted by Gasteiger charge is 2.20. The second kappa shape index (κ2) is 9.61. The van der Waals surface area contributed by atoms with Crippen molar-refractivity contribution in [1.29, 1.82) is 0 Å². The second-order valence-corrected chi connectivity index (χ2v) is 6.51. The molecule has 8 nitrogen and oxygen atoms in total. The summed E-state index contributed by atoms with van der Waals surface area (Å²) in [5.74, 6) is 0.191. The maximum atomic E-state index is 11.1. The van der Waals surface area contributed by atoms with Crippen LogP contribution < -0.4 is 10.2 Å². The van der Waals surface area contributed by atoms with Gasteiger partial charge in [-0.2, -0.15) is 0 Å². The third-order valence-corrected chi connectivity index (χ3v) is 4.41. The topological polar surface area (TPSA) is 121 Å². The summed E-state index contributed by atoms with van der Waals surface area (Å²) in [6, 6.07) is 13.7. The number of aliphatic carboxylic acids is 1. The van der Waals surface area contributed by atoms with Crippen LogP contribution in [0.15, 0.2) is 65.9 Å². The minimum absolute atomic E-state index is 0.0265. The lowest BCUT2D eigenvalue weighted by atomic mass is 9.92. The van der Waals surface area contributed by atoms with E-state index in [-0.39, 0.29) is 24.7 Å². The van der Waals surface area contributed by atoms with Crippen molar-refractivity contribution in [3.8, 4) is 11.5 Å². The molecule has 0 aliphatic carbocycles. The van der Waals surface area contributed by atoms with E-state index in [0.29, 0.717) is 18.0 Å². The Bertz CT molecular complexity index is 877. The Hall–Kier alpha value is -3.52. The van der Waals surface area contributed by atoms with Gasteiger partial charge in [-0.05, 0) is 48.2 Å². The number of amidine groups is 1. The zero-order chi connectivity index (χ0) is 20.6. The van der Waals surface area contributed by atoms with Gasteiger partial charge in [0.15, 0.2) is 5.84 Å². The summed E-state index contributed by atoms with van der Waals surface area (Å²) < 4.78 is 5.71. The van der Waals surface area contributed by atoms with Gasteiger partial charge in [0.05, 0.1) is 12.7 Å². The van der Waals surface area contributed by atoms with E-state index in [1.165, 1.54) is 6.08 Å². The number of hydrogen-bond donors (Lipinski definition) is 4. The van der Waals surface area contributed by atoms with E-state index in [4.69, 9.17) is 19.8 Å². The lowest BCUT2D eigenvalue weighted by Crippen LogP contribution is -2.23. The van der Waals surface area contributed by atoms with Gasteiger partial charge in [0.25, 0.3) is 0 Å². The second-order valence-electron chi connectivity index (χ2n) is 6.51. The average Bonchev–Trinajstić information content (AvgIpc) is 3.19. The molecule has 3 rings (SSSR count). The summed E-state index contributed by atoms with van der Waals surface area (Å²) in [7, 11) is 0. The largest absolute Gasteiger partial charge is 0.516 e. The normalized spacial score (nSPS) is 17.0. The van der Waals surface area contributed by atoms with Crippen LogP contribution in [0.25, 0.3) is 0 Å². The van der Waals surface area contributed by atoms with Crippen molar-refractivity contribution >= 4 is 11.8 Å². The van der Waals surface area contributed by atoms with Crippen molar-refractivity contribution in [1.82, 2.24) is 5.48 Å². The van der Waals surface area contributed by atoms with Crippen LogP contribution in [-0.4, -0.2) is 33.7 Å². The van der Waals surface area contributed by atoms with Crippen LogP contribution >= 0.6 is 0 Å². The number of hydroxylamine groups is 1. The molecule has 0 radical (unpaired) electrons. The van der Waals surface area contributed by atoms with Crippen LogP contribution in [0.4, 0.5) is 0 Å². The van der Waals surface area contributed by atoms with Crippen LogP contribution in [-0.2, 0) is 9.63 Å². The van der Waals surface area contributed by atoms with Crippen LogP contribution in [0.5, 0.6) is 11.5 Å². The van der Waals surface area contributed by atoms with Gasteiger partial charge in [-0.15, -0.1) is 0 Å². The zero-order valence-corrected chi connectivity index (χ0v) is 15.6. The lowest BCUT2D eigenvalue weighted by Gasteiger charge is -2.14. The Labute approximate surface area is 167 Å². The predicted molar refractivity (Wildman–Crippen MR) is 106 cm³/mol. The van der Waals surface area contributed by atoms with Gasteiger partial charge in [0.2, 0.25) is 6.23 Å². The number of nitrogens with one attached hydrogen (secondary N) is 1. The first-order chi connectivity index (χ1) is 14.0. The highest BCUT2D eigenvalue weighted by Crippen LogP contribution is 2.27. The van der Waals surface area contributed by atoms with Crippen LogP contribution in [0.1, 0.15) is 36.1 Å². The molecule has 0 fully saturated rings. The maximum Gasteiger partial charge on any atom is 0.303 e. The molecule has 4 N–H and O–H groups in total. The number of aliphatic imine (C=N–C) groups is 1. The minimum Gasteiger partial charge on any atom is -0.516 e. The summed E-state index contributed by atoms with van der Waals surface area (Å²) in [5, 5.41) is 27.2. The van der Waals surface area contributed by atoms with E-state index >= 15 is 0 Å². The smallest absolute Gasteiger partial charge is 0.303 e. The Kier molecular flexibility index (Phi) is 6.70. The van der Waals surface area contributed by atoms with Gasteiger partial charge in [0.1, 0.15) is 18.1 Å². The van der Waals surface area contributed by atoms with Crippen molar-refractivity contribution in [2.75, 3.05) is 6.61 Å². The number of carboxylic acid groups (broad SMARTS) is 1. The molecule has 1 aliphatic rings. The first-order valence-electron chi connectivity index (χ1n) is 9.06. The molecule has 152 valence electrons. The Morgan fingerprint density at radius 2 is 1.93 bits per heavy atom. The number of phenols is 1. The molecule has 2 aromatic carbocycles. The molecule has 2 atom stereocenters. The molecule has 0 spiro atoms. The number of benzene rings is 2. The highest BCUT2D eigenvalue weighted by atomic mass is 16.7. The molecule has 29 heavy (non-hydrogen) atoms. The van der Waals surface area contributed by atoms with E-state index in [1.54, 1.807) is 36.4 Å². The third-order valence-electron chi connectivity index (χ3n) is 4.41. The molecule has 8 heteroatoms. The summed E-state index contributed by atoms with van der Waals surface area (Å²) in [6.45, 7) is 0.180. The molecule has 1 heterocycles. The standard InChI is InChI=1S/C21H22N2O6/c24-11-1-2-16(12-20(26)27)14-5-9-18(10-6-14)28-13-19-22-21(29-23-19)15-3-7-17(25)8-4-15/h1,3-11,16,21,24-25H,2,12-13H2,(H,22,23)(H,26,27)/b11-1-. The quantitative estimate of drug-likeness (QED) is 0.478. The fourth-order valence-electron chi connectivity index (χ4n) is 2.93. The van der Waals surface area contributed by atoms with Gasteiger partial charge in [0, 0.05) is 5.56 Å². The molecular formula is C21H22N2O6. The van der Waals surface area contributed by atoms with Crippen molar-refractivity contribution < 1.29 is 29.7 Å². The number of hydrogen-bond acceptors (Lipinski definition) is 7. The Morgan fingerprint density at radius 3 is 2.59 bits per heavy atom. The van der Waals surface area contributed by atoms with Crippen LogP contribution in [0, 0.1) is 0 Å². The van der Waals surface area contributed by atoms with E-state index in [2.05, 4.69) is 10.5 Å². The first kappa shape index (κ1) is 20.2. The molecule has 0 saturated heterocycles. The highest BCUT2D eigenvalue weighted by molar-refractivity contribution is 5.83. The maximum absolute atomic E-state index is 11.1. The fraction of sp³-hybridized carbons (Fsp3) is 0.238. The molecular weight excluding hydrogens is 376 g/mol. The van der Waals surface area contributed by atoms with E-state index < -0.39 is 12.2 Å². The molecule has 0 amide bonds. The van der Waals surface area contributed by atoms with E-state index in [9.17, 15) is 9.90 Å². The van der Waals surface area contributed by atoms with Gasteiger partial charge in [-0.1, -0.05) is 24.3 Å². The fourth-order valence-corrected chi connectivity index (χ4v) is 2.93. The number of carboxylic acids is 1. The number of aliphatic hydroxyl groups excluding tert-OH is 1. The number of ether oxygens (including phenoxy) is 1. The monoisotopic (exact) mass is 398 g/mol. The predicted octanol–water partition coefficient (Wildman–Crippen LogP) is 3.42. The van der Waals surface area contributed by atoms with Gasteiger partial charge < -0.3 is 20.1 Å². The zero-order valence-electron chi connectivity index (χ0n) is 15.6. The van der Waals surface area contributed by atoms with Gasteiger partial charge in [-0.3, -0.25) is 4.79 Å². The van der Waals surface area contributed by atoms with Crippen LogP contribution in [0.3, 0.4) is 0 Å². The summed E-state index contributed by atoms with van der Waals surface area (Å²) in [6.07, 6.45) is 2.36. The minimum atomic E-state index is -0.893. The number of nitrogens with zero attached hydrogens (tertiary/aromatic N) is 1. The number of aliphatic hydroxyl groups is 1. The van der Waals surface area contributed by atoms with Gasteiger partial charge >= 0.3 is 5.97 Å². The summed E-state index contributed by atoms with van der Waals surface area (Å²) in [4.78, 5) is 20.9. The van der Waals surface area contributed by atoms with Crippen LogP contribution in [0.2, 0.25) is 0 Å². The van der Waals surface area contributed by atoms with Gasteiger partial charge in [-0.25, -0.2) is 15.3 Å². The molecule has 0 bridgehead atoms. The molecule has 0 aromatic heterocycles. The van der Waals surface area contributed by atoms with E-state index in [0.717, 1.165) is 17.4 Å². The average molecular weight is 398 g/mol. The number of carbonyl (C=O) groups is 1. The van der Waals surface area contributed by atoms with Crippen molar-refractivity contribution in [2.24, 2.45) is 4.99 Å². The summed E-state index contributed by atoms with van der Waals surface area (Å²) in [5.41, 5.74) is 4.38. The third kappa shape index (κ3) is 5.73. The summed E-state index contributed by atoms with van der Waals surface area (Å²) >= 11 is 0. The van der Waals surface area contributed by atoms with E-state index in [1.807, 2.05) is 12.1 Å². The SMILES string of the molecule is O=C(O)CC(C/C=C\O)c1ccc(OCC2=NC(c3ccc(O)cc3)ON2)cc1. The number of rotatable bonds is 9. The first-order valence-corrected chi connectivity index (χ1v) is 9.06. The van der Waals surface area contributed by atoms with Crippen molar-refractivity contribution in [3.05, 3.63) is 72.0 Å². The Balaban J connectivity index is 1.57. The number of allylic oxidation sites excluding steroid dienone is 1. The lowest BCUT2D eigenvalue weighted by molar-refractivity contribution is -0.137. The molecule has 2 unspecified atom stereocenters. The number of aromatic hydroxyl groups is 1. The van der Waals surface area contributed by atoms with Crippen molar-refractivity contribution in [3.63, 3.8) is 0 Å². The molecule has 0 saturated carbocycles. The molecule has 1 aliphatic heterocycles.